The molecule has 27 heavy (non-hydrogen) atoms. The molecule has 1 heterocycles. The molecule has 4 heteroatoms. The van der Waals surface area contributed by atoms with Crippen molar-refractivity contribution in [3.8, 4) is 0 Å². The number of hydrogen-bond acceptors (Lipinski definition) is 3. The first-order valence-corrected chi connectivity index (χ1v) is 9.20. The minimum Gasteiger partial charge on any atom is -0.366 e. The first kappa shape index (κ1) is 17.4. The number of nitrogens with zero attached hydrogens (tertiary/aromatic N) is 1. The van der Waals surface area contributed by atoms with Crippen LogP contribution in [0.4, 0.5) is 5.69 Å². The minimum absolute atomic E-state index is 0.00495. The van der Waals surface area contributed by atoms with Crippen LogP contribution < -0.4 is 0 Å². The van der Waals surface area contributed by atoms with Gasteiger partial charge in [-0.2, -0.15) is 0 Å². The molecule has 3 aromatic carbocycles. The zero-order valence-corrected chi connectivity index (χ0v) is 14.9. The van der Waals surface area contributed by atoms with Crippen LogP contribution in [0.15, 0.2) is 84.9 Å². The summed E-state index contributed by atoms with van der Waals surface area (Å²) in [4.78, 5) is 10.6. The molecule has 0 aromatic heterocycles. The van der Waals surface area contributed by atoms with Gasteiger partial charge in [0.05, 0.1) is 17.1 Å². The van der Waals surface area contributed by atoms with Gasteiger partial charge in [-0.3, -0.25) is 10.1 Å². The Morgan fingerprint density at radius 1 is 0.704 bits per heavy atom. The van der Waals surface area contributed by atoms with Crippen LogP contribution >= 0.6 is 0 Å². The zero-order valence-electron chi connectivity index (χ0n) is 14.9. The van der Waals surface area contributed by atoms with Crippen molar-refractivity contribution in [1.29, 1.82) is 0 Å². The quantitative estimate of drug-likeness (QED) is 0.426. The van der Waals surface area contributed by atoms with Crippen LogP contribution in [0.3, 0.4) is 0 Å². The predicted molar refractivity (Wildman–Crippen MR) is 105 cm³/mol. The minimum atomic E-state index is -0.370. The van der Waals surface area contributed by atoms with E-state index in [0.29, 0.717) is 5.92 Å². The third kappa shape index (κ3) is 3.91. The molecule has 0 radical (unpaired) electrons. The Balaban J connectivity index is 1.64. The van der Waals surface area contributed by atoms with Gasteiger partial charge in [-0.25, -0.2) is 0 Å². The van der Waals surface area contributed by atoms with E-state index in [2.05, 4.69) is 36.4 Å². The van der Waals surface area contributed by atoms with E-state index in [-0.39, 0.29) is 22.8 Å². The molecule has 0 amide bonds. The van der Waals surface area contributed by atoms with E-state index >= 15 is 0 Å². The summed E-state index contributed by atoms with van der Waals surface area (Å²) in [5, 5.41) is 10.9. The molecule has 136 valence electrons. The molecule has 0 bridgehead atoms. The first-order valence-electron chi connectivity index (χ1n) is 9.20. The molecule has 4 nitrogen and oxygen atoms in total. The molecule has 3 aromatic rings. The lowest BCUT2D eigenvalue weighted by Crippen LogP contribution is -2.22. The molecule has 1 saturated heterocycles. The Bertz CT molecular complexity index is 846. The van der Waals surface area contributed by atoms with E-state index in [1.54, 1.807) is 12.1 Å². The second-order valence-electron chi connectivity index (χ2n) is 6.95. The molecule has 0 spiro atoms. The highest BCUT2D eigenvalue weighted by atomic mass is 16.6. The van der Waals surface area contributed by atoms with Crippen molar-refractivity contribution >= 4 is 5.69 Å². The average Bonchev–Trinajstić information content (AvgIpc) is 2.75. The maximum atomic E-state index is 10.9. The standard InChI is InChI=1S/C23H21NO3/c25-24(26)21-13-11-19(12-14-21)23-16-20(17-7-3-1-4-8-17)15-22(27-23)18-9-5-2-6-10-18/h1-14,20,22-23H,15-16H2/t20-,22-,23+/m0/s1. The van der Waals surface area contributed by atoms with Crippen molar-refractivity contribution in [2.45, 2.75) is 31.0 Å². The second-order valence-corrected chi connectivity index (χ2v) is 6.95. The lowest BCUT2D eigenvalue weighted by Gasteiger charge is -2.36. The highest BCUT2D eigenvalue weighted by Gasteiger charge is 2.32. The number of nitro benzene ring substituents is 1. The van der Waals surface area contributed by atoms with Crippen molar-refractivity contribution < 1.29 is 9.66 Å². The molecule has 0 aliphatic carbocycles. The summed E-state index contributed by atoms with van der Waals surface area (Å²) in [5.41, 5.74) is 3.58. The molecular formula is C23H21NO3. The van der Waals surface area contributed by atoms with Crippen LogP contribution in [0.5, 0.6) is 0 Å². The fourth-order valence-electron chi connectivity index (χ4n) is 3.83. The van der Waals surface area contributed by atoms with Crippen LogP contribution in [0.2, 0.25) is 0 Å². The molecule has 0 N–H and O–H groups in total. The van der Waals surface area contributed by atoms with Gasteiger partial charge in [0.25, 0.3) is 5.69 Å². The number of nitro groups is 1. The van der Waals surface area contributed by atoms with E-state index in [4.69, 9.17) is 4.74 Å². The zero-order chi connectivity index (χ0) is 18.6. The van der Waals surface area contributed by atoms with Crippen LogP contribution in [-0.4, -0.2) is 4.92 Å². The summed E-state index contributed by atoms with van der Waals surface area (Å²) in [5.74, 6) is 0.380. The van der Waals surface area contributed by atoms with Gasteiger partial charge in [-0.15, -0.1) is 0 Å². The Kier molecular flexibility index (Phi) is 4.99. The van der Waals surface area contributed by atoms with Gasteiger partial charge in [-0.1, -0.05) is 60.7 Å². The highest BCUT2D eigenvalue weighted by Crippen LogP contribution is 2.45. The van der Waals surface area contributed by atoms with E-state index in [1.165, 1.54) is 11.1 Å². The SMILES string of the molecule is O=[N+]([O-])c1ccc([C@H]2C[C@@H](c3ccccc3)C[C@@H](c3ccccc3)O2)cc1. The fraction of sp³-hybridized carbons (Fsp3) is 0.217. The fourth-order valence-corrected chi connectivity index (χ4v) is 3.83. The van der Waals surface area contributed by atoms with Crippen molar-refractivity contribution in [1.82, 2.24) is 0 Å². The largest absolute Gasteiger partial charge is 0.366 e. The average molecular weight is 359 g/mol. The summed E-state index contributed by atoms with van der Waals surface area (Å²) < 4.78 is 6.44. The molecule has 0 saturated carbocycles. The van der Waals surface area contributed by atoms with Crippen LogP contribution in [0.25, 0.3) is 0 Å². The van der Waals surface area contributed by atoms with Gasteiger partial charge >= 0.3 is 0 Å². The Hall–Kier alpha value is -2.98. The van der Waals surface area contributed by atoms with Crippen molar-refractivity contribution in [3.05, 3.63) is 112 Å². The summed E-state index contributed by atoms with van der Waals surface area (Å²) in [6, 6.07) is 27.6. The summed E-state index contributed by atoms with van der Waals surface area (Å²) in [6.07, 6.45) is 1.71. The molecular weight excluding hydrogens is 338 g/mol. The maximum Gasteiger partial charge on any atom is 0.269 e. The van der Waals surface area contributed by atoms with Crippen LogP contribution in [0, 0.1) is 10.1 Å². The highest BCUT2D eigenvalue weighted by molar-refractivity contribution is 5.35. The first-order chi connectivity index (χ1) is 13.2. The van der Waals surface area contributed by atoms with Gasteiger partial charge < -0.3 is 4.74 Å². The van der Waals surface area contributed by atoms with Gasteiger partial charge in [0, 0.05) is 12.1 Å². The molecule has 4 rings (SSSR count). The molecule has 3 atom stereocenters. The lowest BCUT2D eigenvalue weighted by atomic mass is 9.82. The smallest absolute Gasteiger partial charge is 0.269 e. The molecule has 1 aliphatic rings. The molecule has 1 aliphatic heterocycles. The van der Waals surface area contributed by atoms with Crippen LogP contribution in [0.1, 0.15) is 47.7 Å². The number of ether oxygens (including phenoxy) is 1. The Morgan fingerprint density at radius 3 is 1.70 bits per heavy atom. The van der Waals surface area contributed by atoms with E-state index in [0.717, 1.165) is 18.4 Å². The predicted octanol–water partition coefficient (Wildman–Crippen LogP) is 5.97. The number of rotatable bonds is 4. The number of hydrogen-bond donors (Lipinski definition) is 0. The summed E-state index contributed by atoms with van der Waals surface area (Å²) in [6.45, 7) is 0. The Labute approximate surface area is 158 Å². The Morgan fingerprint density at radius 2 is 1.19 bits per heavy atom. The second kappa shape index (κ2) is 7.72. The monoisotopic (exact) mass is 359 g/mol. The maximum absolute atomic E-state index is 10.9. The summed E-state index contributed by atoms with van der Waals surface area (Å²) in [7, 11) is 0. The van der Waals surface area contributed by atoms with E-state index in [9.17, 15) is 10.1 Å². The van der Waals surface area contributed by atoms with E-state index in [1.807, 2.05) is 36.4 Å². The third-order valence-electron chi connectivity index (χ3n) is 5.24. The van der Waals surface area contributed by atoms with Gasteiger partial charge in [0.15, 0.2) is 0 Å². The van der Waals surface area contributed by atoms with Crippen molar-refractivity contribution in [2.75, 3.05) is 0 Å². The normalized spacial score (nSPS) is 22.3. The van der Waals surface area contributed by atoms with E-state index < -0.39 is 0 Å². The van der Waals surface area contributed by atoms with Gasteiger partial charge in [-0.05, 0) is 47.6 Å². The molecule has 0 unspecified atom stereocenters. The molecule has 1 fully saturated rings. The third-order valence-corrected chi connectivity index (χ3v) is 5.24. The lowest BCUT2D eigenvalue weighted by molar-refractivity contribution is -0.384. The number of non-ortho nitro benzene ring substituents is 1. The van der Waals surface area contributed by atoms with Crippen LogP contribution in [-0.2, 0) is 4.74 Å². The summed E-state index contributed by atoms with van der Waals surface area (Å²) >= 11 is 0. The topological polar surface area (TPSA) is 52.4 Å². The van der Waals surface area contributed by atoms with Crippen molar-refractivity contribution in [2.24, 2.45) is 0 Å². The number of benzene rings is 3. The van der Waals surface area contributed by atoms with Gasteiger partial charge in [0.2, 0.25) is 0 Å². The van der Waals surface area contributed by atoms with Crippen molar-refractivity contribution in [3.63, 3.8) is 0 Å². The van der Waals surface area contributed by atoms with Gasteiger partial charge in [0.1, 0.15) is 0 Å².